The Morgan fingerprint density at radius 3 is 0.923 bits per heavy atom. The first-order valence-electron chi connectivity index (χ1n) is 2.26. The Hall–Kier alpha value is 1.82. The van der Waals surface area contributed by atoms with Crippen LogP contribution < -0.4 is 0 Å². The first kappa shape index (κ1) is 20.3. The molecule has 0 radical (unpaired) electrons. The average molecular weight is 397 g/mol. The third kappa shape index (κ3) is 581. The van der Waals surface area contributed by atoms with Crippen LogP contribution in [0.3, 0.4) is 0 Å². The summed E-state index contributed by atoms with van der Waals surface area (Å²) in [7, 11) is 15.3. The second kappa shape index (κ2) is 11.9. The molecule has 0 unspecified atom stereocenters. The molecule has 88 valence electrons. The summed E-state index contributed by atoms with van der Waals surface area (Å²) in [5.41, 5.74) is 0. The van der Waals surface area contributed by atoms with Crippen LogP contribution in [-0.4, -0.2) is 24.3 Å². The maximum atomic E-state index is 9.44. The second-order valence-corrected chi connectivity index (χ2v) is 19.6. The van der Waals surface area contributed by atoms with Gasteiger partial charge in [-0.1, -0.05) is 0 Å². The standard InChI is InChI=1S/2C2H5OS.4ClH.Ru/c2*1-4(2)3;;;;;/h2*1H2,2H3;4*1H;/q2*-1;;;;;+4/p-4. The molecule has 2 nitrogen and oxygen atoms in total. The summed E-state index contributed by atoms with van der Waals surface area (Å²) in [6.45, 7) is 0. The topological polar surface area (TPSA) is 34.1 Å². The molecule has 13 heavy (non-hydrogen) atoms. The van der Waals surface area contributed by atoms with Crippen molar-refractivity contribution in [1.82, 2.24) is 0 Å². The van der Waals surface area contributed by atoms with Crippen LogP contribution in [0.15, 0.2) is 0 Å². The maximum absolute atomic E-state index is 9.44. The molecular formula is C4H10Cl4O2RuS2-2. The van der Waals surface area contributed by atoms with E-state index in [9.17, 15) is 8.42 Å². The Balaban J connectivity index is -0.000000117. The molecule has 0 aromatic rings. The monoisotopic (exact) mass is 396 g/mol. The number of rotatable bonds is 0. The molecule has 0 atom stereocenters. The summed E-state index contributed by atoms with van der Waals surface area (Å²) in [6.07, 6.45) is 3.06. The Morgan fingerprint density at radius 2 is 0.923 bits per heavy atom. The molecule has 0 saturated carbocycles. The van der Waals surface area contributed by atoms with Crippen molar-refractivity contribution < 1.29 is 19.2 Å². The minimum absolute atomic E-state index is 0.861. The summed E-state index contributed by atoms with van der Waals surface area (Å²) >= 11 is 0. The van der Waals surface area contributed by atoms with Gasteiger partial charge in [0.2, 0.25) is 0 Å². The van der Waals surface area contributed by atoms with Gasteiger partial charge in [0.15, 0.2) is 0 Å². The number of hydrogen-bond acceptors (Lipinski definition) is 4. The Morgan fingerprint density at radius 1 is 0.923 bits per heavy atom. The van der Waals surface area contributed by atoms with Crippen molar-refractivity contribution in [2.45, 2.75) is 0 Å². The van der Waals surface area contributed by atoms with E-state index < -0.39 is 31.6 Å². The van der Waals surface area contributed by atoms with Gasteiger partial charge in [0.1, 0.15) is 0 Å². The van der Waals surface area contributed by atoms with Crippen LogP contribution in [0.4, 0.5) is 0 Å². The fourth-order valence-corrected chi connectivity index (χ4v) is 0. The van der Waals surface area contributed by atoms with Crippen LogP contribution in [0.2, 0.25) is 0 Å². The zero-order chi connectivity index (χ0) is 11.7. The van der Waals surface area contributed by atoms with E-state index in [2.05, 4.69) is 11.7 Å². The molecular weight excluding hydrogens is 387 g/mol. The summed E-state index contributed by atoms with van der Waals surface area (Å²) in [5, 5.41) is 0. The fourth-order valence-electron chi connectivity index (χ4n) is 0. The Labute approximate surface area is 102 Å². The predicted octanol–water partition coefficient (Wildman–Crippen LogP) is 2.78. The first-order valence-corrected chi connectivity index (χ1v) is 14.7. The third-order valence-electron chi connectivity index (χ3n) is 0. The summed E-state index contributed by atoms with van der Waals surface area (Å²) < 4.78 is 18.9. The van der Waals surface area contributed by atoms with Crippen LogP contribution in [0.5, 0.6) is 0 Å². The van der Waals surface area contributed by atoms with Crippen LogP contribution in [0, 0.1) is 0 Å². The van der Waals surface area contributed by atoms with Crippen LogP contribution in [-0.2, 0) is 40.0 Å². The molecule has 0 heterocycles. The minimum atomic E-state index is -2.97. The molecule has 0 aliphatic carbocycles. The summed E-state index contributed by atoms with van der Waals surface area (Å²) in [4.78, 5) is 0. The molecule has 0 spiro atoms. The van der Waals surface area contributed by atoms with Crippen molar-refractivity contribution in [3.05, 3.63) is 0 Å². The van der Waals surface area contributed by atoms with Gasteiger partial charge >= 0.3 is 49.6 Å². The van der Waals surface area contributed by atoms with E-state index in [1.54, 1.807) is 0 Å². The Bertz CT molecular complexity index is 201. The van der Waals surface area contributed by atoms with Gasteiger partial charge in [0.05, 0.1) is 0 Å². The van der Waals surface area contributed by atoms with Gasteiger partial charge in [-0.2, -0.15) is 11.7 Å². The number of hydrogen-bond donors (Lipinski definition) is 0. The van der Waals surface area contributed by atoms with Gasteiger partial charge in [-0.15, -0.1) is 12.5 Å². The predicted molar refractivity (Wildman–Crippen MR) is 65.6 cm³/mol. The van der Waals surface area contributed by atoms with Crippen molar-refractivity contribution in [2.24, 2.45) is 0 Å². The zero-order valence-corrected chi connectivity index (χ0v) is 13.3. The number of halogens is 4. The summed E-state index contributed by atoms with van der Waals surface area (Å²) in [6, 6.07) is 0. The molecule has 9 heteroatoms. The summed E-state index contributed by atoms with van der Waals surface area (Å²) in [5.74, 6) is 6.22. The van der Waals surface area contributed by atoms with E-state index >= 15 is 0 Å². The average Bonchev–Trinajstić information content (AvgIpc) is 1.50. The van der Waals surface area contributed by atoms with Gasteiger partial charge in [-0.05, 0) is 0 Å². The van der Waals surface area contributed by atoms with Gasteiger partial charge < -0.3 is 8.42 Å². The van der Waals surface area contributed by atoms with E-state index in [-0.39, 0.29) is 0 Å². The van der Waals surface area contributed by atoms with Crippen molar-refractivity contribution in [3.63, 3.8) is 0 Å². The first-order chi connectivity index (χ1) is 5.46. The zero-order valence-electron chi connectivity index (χ0n) is 6.91. The SMILES string of the molecule is C=[S-](C)=O.C=[S-](C)=O.[Cl][Ru]([Cl])([Cl])[Cl]. The molecule has 0 rings (SSSR count). The Kier molecular flexibility index (Phi) is 18.5. The molecule has 0 aromatic carbocycles. The fraction of sp³-hybridized carbons (Fsp3) is 0.500. The van der Waals surface area contributed by atoms with Crippen LogP contribution in [0.25, 0.3) is 0 Å². The van der Waals surface area contributed by atoms with Crippen molar-refractivity contribution >= 4 is 71.3 Å². The van der Waals surface area contributed by atoms with E-state index in [0.717, 1.165) is 0 Å². The van der Waals surface area contributed by atoms with Crippen LogP contribution >= 0.6 is 38.8 Å². The molecule has 0 amide bonds. The van der Waals surface area contributed by atoms with Crippen molar-refractivity contribution in [2.75, 3.05) is 12.5 Å². The van der Waals surface area contributed by atoms with E-state index in [1.807, 2.05) is 0 Å². The van der Waals surface area contributed by atoms with Crippen molar-refractivity contribution in [1.29, 1.82) is 0 Å². The quantitative estimate of drug-likeness (QED) is 0.358. The molecule has 0 fully saturated rings. The molecule has 0 saturated heterocycles. The van der Waals surface area contributed by atoms with Gasteiger partial charge in [0, 0.05) is 0 Å². The molecule has 0 aliphatic heterocycles. The van der Waals surface area contributed by atoms with E-state index in [0.29, 0.717) is 0 Å². The second-order valence-electron chi connectivity index (χ2n) is 1.45. The molecule has 0 bridgehead atoms. The normalized spacial score (nSPS) is 11.1. The van der Waals surface area contributed by atoms with E-state index in [4.69, 9.17) is 38.8 Å². The van der Waals surface area contributed by atoms with E-state index in [1.165, 1.54) is 12.5 Å². The molecule has 0 aliphatic rings. The van der Waals surface area contributed by atoms with Gasteiger partial charge in [-0.3, -0.25) is 20.8 Å². The van der Waals surface area contributed by atoms with Crippen LogP contribution in [0.1, 0.15) is 0 Å². The van der Waals surface area contributed by atoms with Crippen molar-refractivity contribution in [3.8, 4) is 0 Å². The molecule has 0 N–H and O–H groups in total. The third-order valence-corrected chi connectivity index (χ3v) is 0. The molecule has 0 aromatic heterocycles. The van der Waals surface area contributed by atoms with Gasteiger partial charge in [-0.25, -0.2) is 0 Å². The van der Waals surface area contributed by atoms with Gasteiger partial charge in [0.25, 0.3) is 0 Å².